The van der Waals surface area contributed by atoms with Gasteiger partial charge in [-0.05, 0) is 40.0 Å². The van der Waals surface area contributed by atoms with Gasteiger partial charge in [0, 0.05) is 25.7 Å². The molecule has 1 rings (SSSR count). The van der Waals surface area contributed by atoms with E-state index >= 15 is 0 Å². The van der Waals surface area contributed by atoms with Crippen molar-refractivity contribution in [3.63, 3.8) is 0 Å². The van der Waals surface area contributed by atoms with Crippen molar-refractivity contribution in [1.29, 1.82) is 0 Å². The molecule has 0 amide bonds. The van der Waals surface area contributed by atoms with Crippen LogP contribution in [0.4, 0.5) is 0 Å². The lowest BCUT2D eigenvalue weighted by Crippen LogP contribution is -2.48. The van der Waals surface area contributed by atoms with Crippen LogP contribution in [0.25, 0.3) is 0 Å². The van der Waals surface area contributed by atoms with Crippen molar-refractivity contribution >= 4 is 10.2 Å². The normalized spacial score (nSPS) is 22.6. The molecule has 1 fully saturated rings. The van der Waals surface area contributed by atoms with Gasteiger partial charge < -0.3 is 4.74 Å². The third-order valence-corrected chi connectivity index (χ3v) is 4.84. The van der Waals surface area contributed by atoms with Crippen molar-refractivity contribution in [3.8, 4) is 0 Å². The van der Waals surface area contributed by atoms with Crippen molar-refractivity contribution in [2.24, 2.45) is 0 Å². The lowest BCUT2D eigenvalue weighted by molar-refractivity contribution is 0.0777. The van der Waals surface area contributed by atoms with E-state index in [1.165, 1.54) is 0 Å². The van der Waals surface area contributed by atoms with Gasteiger partial charge in [0.2, 0.25) is 0 Å². The van der Waals surface area contributed by atoms with E-state index in [1.807, 2.05) is 20.8 Å². The second-order valence-corrected chi connectivity index (χ2v) is 6.84. The molecule has 108 valence electrons. The molecule has 1 N–H and O–H groups in total. The Morgan fingerprint density at radius 1 is 1.39 bits per heavy atom. The first kappa shape index (κ1) is 15.9. The fraction of sp³-hybridized carbons (Fsp3) is 1.00. The SMILES string of the molecule is CC(C)OCCCNS(=O)(=O)N1CCCC[C@@H]1C. The molecule has 0 unspecified atom stereocenters. The van der Waals surface area contributed by atoms with Crippen molar-refractivity contribution in [1.82, 2.24) is 9.03 Å². The summed E-state index contributed by atoms with van der Waals surface area (Å²) in [4.78, 5) is 0. The Balaban J connectivity index is 2.30. The summed E-state index contributed by atoms with van der Waals surface area (Å²) in [6.07, 6.45) is 3.94. The molecule has 1 aliphatic rings. The minimum Gasteiger partial charge on any atom is -0.379 e. The van der Waals surface area contributed by atoms with E-state index in [9.17, 15) is 8.42 Å². The van der Waals surface area contributed by atoms with Gasteiger partial charge in [-0.2, -0.15) is 12.7 Å². The minimum absolute atomic E-state index is 0.114. The maximum absolute atomic E-state index is 12.1. The monoisotopic (exact) mass is 278 g/mol. The van der Waals surface area contributed by atoms with Crippen LogP contribution >= 0.6 is 0 Å². The lowest BCUT2D eigenvalue weighted by atomic mass is 10.1. The standard InChI is InChI=1S/C12H26N2O3S/c1-11(2)17-10-6-8-13-18(15,16)14-9-5-4-7-12(14)3/h11-13H,4-10H2,1-3H3/t12-/m0/s1. The van der Waals surface area contributed by atoms with Crippen LogP contribution in [-0.4, -0.2) is 44.6 Å². The number of hydrogen-bond acceptors (Lipinski definition) is 3. The molecule has 0 bridgehead atoms. The van der Waals surface area contributed by atoms with Crippen molar-refractivity contribution in [2.75, 3.05) is 19.7 Å². The Morgan fingerprint density at radius 2 is 2.11 bits per heavy atom. The van der Waals surface area contributed by atoms with Crippen LogP contribution in [-0.2, 0) is 14.9 Å². The topological polar surface area (TPSA) is 58.6 Å². The zero-order chi connectivity index (χ0) is 13.6. The lowest BCUT2D eigenvalue weighted by Gasteiger charge is -2.32. The molecule has 0 aromatic heterocycles. The molecule has 5 nitrogen and oxygen atoms in total. The van der Waals surface area contributed by atoms with Crippen LogP contribution in [0.15, 0.2) is 0 Å². The number of nitrogens with zero attached hydrogens (tertiary/aromatic N) is 1. The van der Waals surface area contributed by atoms with Gasteiger partial charge in [-0.3, -0.25) is 0 Å². The molecule has 0 saturated carbocycles. The third kappa shape index (κ3) is 5.22. The first-order valence-corrected chi connectivity index (χ1v) is 8.25. The van der Waals surface area contributed by atoms with Gasteiger partial charge in [-0.1, -0.05) is 6.42 Å². The van der Waals surface area contributed by atoms with Gasteiger partial charge in [0.15, 0.2) is 0 Å². The van der Waals surface area contributed by atoms with E-state index in [0.717, 1.165) is 19.3 Å². The highest BCUT2D eigenvalue weighted by Crippen LogP contribution is 2.18. The second-order valence-electron chi connectivity index (χ2n) is 5.13. The second kappa shape index (κ2) is 7.43. The molecule has 0 spiro atoms. The Hall–Kier alpha value is -0.170. The molecule has 1 heterocycles. The maximum Gasteiger partial charge on any atom is 0.279 e. The summed E-state index contributed by atoms with van der Waals surface area (Å²) in [5, 5.41) is 0. The van der Waals surface area contributed by atoms with E-state index < -0.39 is 10.2 Å². The van der Waals surface area contributed by atoms with Gasteiger partial charge in [0.1, 0.15) is 0 Å². The van der Waals surface area contributed by atoms with Crippen LogP contribution < -0.4 is 4.72 Å². The summed E-state index contributed by atoms with van der Waals surface area (Å²) >= 11 is 0. The average Bonchev–Trinajstić information content (AvgIpc) is 2.28. The zero-order valence-electron chi connectivity index (χ0n) is 11.7. The molecule has 0 radical (unpaired) electrons. The third-order valence-electron chi connectivity index (χ3n) is 3.11. The van der Waals surface area contributed by atoms with E-state index in [-0.39, 0.29) is 12.1 Å². The molecule has 1 saturated heterocycles. The predicted molar refractivity (Wildman–Crippen MR) is 72.6 cm³/mol. The highest BCUT2D eigenvalue weighted by atomic mass is 32.2. The average molecular weight is 278 g/mol. The van der Waals surface area contributed by atoms with E-state index in [2.05, 4.69) is 4.72 Å². The number of piperidine rings is 1. The molecule has 0 aromatic carbocycles. The zero-order valence-corrected chi connectivity index (χ0v) is 12.5. The fourth-order valence-corrected chi connectivity index (χ4v) is 3.62. The maximum atomic E-state index is 12.1. The molecule has 0 aliphatic carbocycles. The fourth-order valence-electron chi connectivity index (χ4n) is 2.10. The van der Waals surface area contributed by atoms with Gasteiger partial charge in [-0.15, -0.1) is 0 Å². The van der Waals surface area contributed by atoms with Crippen molar-refractivity contribution in [3.05, 3.63) is 0 Å². The number of nitrogens with one attached hydrogen (secondary N) is 1. The summed E-state index contributed by atoms with van der Waals surface area (Å²) in [5.74, 6) is 0. The smallest absolute Gasteiger partial charge is 0.279 e. The molecule has 1 atom stereocenters. The summed E-state index contributed by atoms with van der Waals surface area (Å²) in [7, 11) is -3.31. The number of hydrogen-bond donors (Lipinski definition) is 1. The molecule has 6 heteroatoms. The Labute approximate surface area is 111 Å². The van der Waals surface area contributed by atoms with Crippen LogP contribution in [0.5, 0.6) is 0 Å². The molecular formula is C12H26N2O3S. The van der Waals surface area contributed by atoms with Crippen molar-refractivity contribution in [2.45, 2.75) is 58.6 Å². The van der Waals surface area contributed by atoms with E-state index in [0.29, 0.717) is 26.1 Å². The highest BCUT2D eigenvalue weighted by Gasteiger charge is 2.28. The van der Waals surface area contributed by atoms with Crippen LogP contribution in [0, 0.1) is 0 Å². The molecular weight excluding hydrogens is 252 g/mol. The van der Waals surface area contributed by atoms with Crippen molar-refractivity contribution < 1.29 is 13.2 Å². The van der Waals surface area contributed by atoms with Gasteiger partial charge in [0.05, 0.1) is 6.10 Å². The highest BCUT2D eigenvalue weighted by molar-refractivity contribution is 7.87. The Morgan fingerprint density at radius 3 is 2.72 bits per heavy atom. The molecule has 18 heavy (non-hydrogen) atoms. The molecule has 0 aromatic rings. The summed E-state index contributed by atoms with van der Waals surface area (Å²) in [5.41, 5.74) is 0. The number of rotatable bonds is 7. The Kier molecular flexibility index (Phi) is 6.55. The van der Waals surface area contributed by atoms with Gasteiger partial charge in [0.25, 0.3) is 10.2 Å². The van der Waals surface area contributed by atoms with E-state index in [1.54, 1.807) is 4.31 Å². The van der Waals surface area contributed by atoms with Crippen LogP contribution in [0.2, 0.25) is 0 Å². The number of ether oxygens (including phenoxy) is 1. The largest absolute Gasteiger partial charge is 0.379 e. The van der Waals surface area contributed by atoms with Gasteiger partial charge >= 0.3 is 0 Å². The minimum atomic E-state index is -3.31. The first-order valence-electron chi connectivity index (χ1n) is 6.81. The Bertz CT molecular complexity index is 330. The first-order chi connectivity index (χ1) is 8.43. The van der Waals surface area contributed by atoms with Crippen LogP contribution in [0.1, 0.15) is 46.5 Å². The summed E-state index contributed by atoms with van der Waals surface area (Å²) < 4.78 is 33.7. The summed E-state index contributed by atoms with van der Waals surface area (Å²) in [6, 6.07) is 0.114. The van der Waals surface area contributed by atoms with Crippen LogP contribution in [0.3, 0.4) is 0 Å². The van der Waals surface area contributed by atoms with E-state index in [4.69, 9.17) is 4.74 Å². The quantitative estimate of drug-likeness (QED) is 0.718. The summed E-state index contributed by atoms with van der Waals surface area (Å²) in [6.45, 7) is 7.59. The molecule has 1 aliphatic heterocycles. The van der Waals surface area contributed by atoms with Gasteiger partial charge in [-0.25, -0.2) is 4.72 Å². The predicted octanol–water partition coefficient (Wildman–Crippen LogP) is 1.51.